The van der Waals surface area contributed by atoms with E-state index in [-0.39, 0.29) is 10.8 Å². The first-order valence-electron chi connectivity index (χ1n) is 18.6. The van der Waals surface area contributed by atoms with Gasteiger partial charge in [0.1, 0.15) is 0 Å². The van der Waals surface area contributed by atoms with Gasteiger partial charge in [-0.2, -0.15) is 0 Å². The highest BCUT2D eigenvalue weighted by Gasteiger charge is 2.61. The molecule has 0 N–H and O–H groups in total. The molecule has 0 saturated heterocycles. The fourth-order valence-electron chi connectivity index (χ4n) is 11.5. The van der Waals surface area contributed by atoms with Gasteiger partial charge in [0.25, 0.3) is 0 Å². The van der Waals surface area contributed by atoms with E-state index in [1.165, 1.54) is 48.8 Å². The Morgan fingerprint density at radius 1 is 0.733 bits per heavy atom. The quantitative estimate of drug-likeness (QED) is 0.293. The van der Waals surface area contributed by atoms with Crippen molar-refractivity contribution in [3.63, 3.8) is 0 Å². The largest absolute Gasteiger partial charge is 0.127 e. The van der Waals surface area contributed by atoms with Crippen LogP contribution in [0.15, 0.2) is 53.4 Å². The number of hydrogen-bond donors (Lipinski definition) is 0. The predicted molar refractivity (Wildman–Crippen MR) is 203 cm³/mol. The van der Waals surface area contributed by atoms with E-state index in [9.17, 15) is 0 Å². The Bertz CT molecular complexity index is 1380. The van der Waals surface area contributed by atoms with Crippen LogP contribution in [0.2, 0.25) is 24.2 Å². The third kappa shape index (κ3) is 6.00. The van der Waals surface area contributed by atoms with Gasteiger partial charge in [-0.05, 0) is 122 Å². The summed E-state index contributed by atoms with van der Waals surface area (Å²) in [6.07, 6.45) is 7.17. The maximum absolute atomic E-state index is 2.88. The van der Waals surface area contributed by atoms with E-state index >= 15 is 0 Å². The fraction of sp³-hybridized carbons (Fsp3) is 0.674. The van der Waals surface area contributed by atoms with E-state index in [0.717, 1.165) is 57.8 Å². The minimum atomic E-state index is -1.63. The summed E-state index contributed by atoms with van der Waals surface area (Å²) in [6.45, 7) is 30.1. The van der Waals surface area contributed by atoms with Crippen molar-refractivity contribution in [2.24, 2.45) is 35.5 Å². The molecule has 9 unspecified atom stereocenters. The lowest BCUT2D eigenvalue weighted by atomic mass is 9.70. The molecule has 3 fully saturated rings. The zero-order valence-electron chi connectivity index (χ0n) is 30.8. The Hall–Kier alpha value is -1.25. The maximum Gasteiger partial charge on any atom is 0.0556 e. The highest BCUT2D eigenvalue weighted by atomic mass is 32.2. The van der Waals surface area contributed by atoms with Crippen LogP contribution in [-0.2, 0) is 10.8 Å². The number of allylic oxidation sites excluding steroid dienone is 2. The summed E-state index contributed by atoms with van der Waals surface area (Å²) in [5.74, 6) is 5.82. The highest BCUT2D eigenvalue weighted by molar-refractivity contribution is 8.04. The molecule has 0 radical (unpaired) electrons. The van der Waals surface area contributed by atoms with Crippen LogP contribution in [0.25, 0.3) is 5.57 Å². The summed E-state index contributed by atoms with van der Waals surface area (Å²) in [6, 6.07) is 19.7. The lowest BCUT2D eigenvalue weighted by Crippen LogP contribution is -2.48. The topological polar surface area (TPSA) is 0 Å². The molecular weight excluding hydrogens is 577 g/mol. The zero-order chi connectivity index (χ0) is 32.6. The number of rotatable bonds is 5. The second-order valence-electron chi connectivity index (χ2n) is 19.0. The lowest BCUT2D eigenvalue weighted by molar-refractivity contribution is 0.235. The predicted octanol–water partition coefficient (Wildman–Crippen LogP) is 13.1. The van der Waals surface area contributed by atoms with Gasteiger partial charge in [-0.25, -0.2) is 0 Å². The molecule has 0 spiro atoms. The molecule has 0 aromatic heterocycles. The standard InChI is InChI=1S/C43H64SSi/c1-26(2)35-25-36-33(29-16-20-31(21-17-29)42(5,6)7)14-13-15-34(36)41(35)45(11,12)40-27(3)24-37-38(28(4)44-39(37)40)30-18-22-32(23-19-30)43(8,9)10/h16-23,26-27,33-37,39-41H,13-15,24-25H2,1-12H3. The van der Waals surface area contributed by atoms with E-state index in [0.29, 0.717) is 0 Å². The molecule has 3 aliphatic carbocycles. The molecule has 45 heavy (non-hydrogen) atoms. The van der Waals surface area contributed by atoms with Crippen LogP contribution >= 0.6 is 11.8 Å². The van der Waals surface area contributed by atoms with Gasteiger partial charge in [0.15, 0.2) is 0 Å². The van der Waals surface area contributed by atoms with Gasteiger partial charge < -0.3 is 0 Å². The number of benzene rings is 2. The van der Waals surface area contributed by atoms with Crippen molar-refractivity contribution in [1.82, 2.24) is 0 Å². The van der Waals surface area contributed by atoms with E-state index in [2.05, 4.69) is 143 Å². The van der Waals surface area contributed by atoms with Gasteiger partial charge in [-0.15, -0.1) is 11.8 Å². The summed E-state index contributed by atoms with van der Waals surface area (Å²) in [5.41, 5.74) is 10.1. The van der Waals surface area contributed by atoms with Crippen molar-refractivity contribution in [2.75, 3.05) is 0 Å². The Morgan fingerprint density at radius 2 is 1.31 bits per heavy atom. The molecule has 4 aliphatic rings. The van der Waals surface area contributed by atoms with Crippen molar-refractivity contribution in [1.29, 1.82) is 0 Å². The third-order valence-corrected chi connectivity index (χ3v) is 20.4. The Balaban J connectivity index is 1.28. The summed E-state index contributed by atoms with van der Waals surface area (Å²) < 4.78 is 0. The first kappa shape index (κ1) is 33.6. The third-order valence-electron chi connectivity index (χ3n) is 13.5. The van der Waals surface area contributed by atoms with Crippen LogP contribution in [0, 0.1) is 35.5 Å². The van der Waals surface area contributed by atoms with Crippen LogP contribution in [0.5, 0.6) is 0 Å². The fourth-order valence-corrected chi connectivity index (χ4v) is 20.6. The molecule has 0 amide bonds. The molecule has 0 bridgehead atoms. The number of fused-ring (bicyclic) bond motifs is 2. The lowest BCUT2D eigenvalue weighted by Gasteiger charge is -2.48. The minimum Gasteiger partial charge on any atom is -0.127 e. The second-order valence-corrected chi connectivity index (χ2v) is 25.3. The van der Waals surface area contributed by atoms with Crippen LogP contribution in [0.4, 0.5) is 0 Å². The molecule has 2 aromatic rings. The maximum atomic E-state index is 2.88. The molecule has 246 valence electrons. The summed E-state index contributed by atoms with van der Waals surface area (Å²) >= 11 is 2.30. The minimum absolute atomic E-state index is 0.206. The molecular formula is C43H64SSi. The second kappa shape index (κ2) is 12.0. The van der Waals surface area contributed by atoms with Crippen molar-refractivity contribution >= 4 is 25.4 Å². The van der Waals surface area contributed by atoms with Crippen molar-refractivity contribution in [3.05, 3.63) is 75.7 Å². The smallest absolute Gasteiger partial charge is 0.0556 e. The Morgan fingerprint density at radius 3 is 1.87 bits per heavy atom. The van der Waals surface area contributed by atoms with Gasteiger partial charge >= 0.3 is 0 Å². The van der Waals surface area contributed by atoms with Crippen molar-refractivity contribution in [2.45, 2.75) is 148 Å². The first-order valence-corrected chi connectivity index (χ1v) is 22.6. The summed E-state index contributed by atoms with van der Waals surface area (Å²) in [5, 5.41) is 0.787. The average molecular weight is 641 g/mol. The van der Waals surface area contributed by atoms with Gasteiger partial charge in [0.05, 0.1) is 8.07 Å². The van der Waals surface area contributed by atoms with Crippen LogP contribution in [0.1, 0.15) is 130 Å². The zero-order valence-corrected chi connectivity index (χ0v) is 32.7. The van der Waals surface area contributed by atoms with Gasteiger partial charge in [0, 0.05) is 5.25 Å². The molecule has 1 heterocycles. The van der Waals surface area contributed by atoms with E-state index < -0.39 is 8.07 Å². The average Bonchev–Trinajstić information content (AvgIpc) is 3.60. The SMILES string of the molecule is CC1=C(c2ccc(C(C)(C)C)cc2)C2CC(C)C([Si](C)(C)C3C(C(C)C)CC4C(c5ccc(C(C)(C)C)cc5)CCCC43)C2S1. The summed E-state index contributed by atoms with van der Waals surface area (Å²) in [7, 11) is -1.63. The molecule has 6 rings (SSSR count). The molecule has 0 nitrogen and oxygen atoms in total. The van der Waals surface area contributed by atoms with Crippen molar-refractivity contribution in [3.8, 4) is 0 Å². The van der Waals surface area contributed by atoms with Crippen molar-refractivity contribution < 1.29 is 0 Å². The van der Waals surface area contributed by atoms with Crippen LogP contribution < -0.4 is 0 Å². The van der Waals surface area contributed by atoms with Gasteiger partial charge in [0.2, 0.25) is 0 Å². The van der Waals surface area contributed by atoms with Crippen LogP contribution in [0.3, 0.4) is 0 Å². The van der Waals surface area contributed by atoms with Gasteiger partial charge in [-0.3, -0.25) is 0 Å². The number of thioether (sulfide) groups is 1. The van der Waals surface area contributed by atoms with Gasteiger partial charge in [-0.1, -0.05) is 137 Å². The molecule has 3 saturated carbocycles. The Kier molecular flexibility index (Phi) is 8.98. The van der Waals surface area contributed by atoms with E-state index in [1.807, 2.05) is 0 Å². The summed E-state index contributed by atoms with van der Waals surface area (Å²) in [4.78, 5) is 1.62. The molecule has 2 heteroatoms. The molecule has 9 atom stereocenters. The normalized spacial score (nSPS) is 34.0. The monoisotopic (exact) mass is 640 g/mol. The molecule has 2 aromatic carbocycles. The van der Waals surface area contributed by atoms with E-state index in [1.54, 1.807) is 16.0 Å². The highest BCUT2D eigenvalue weighted by Crippen LogP contribution is 2.69. The number of hydrogen-bond acceptors (Lipinski definition) is 1. The Labute approximate surface area is 283 Å². The molecule has 1 aliphatic heterocycles. The van der Waals surface area contributed by atoms with E-state index in [4.69, 9.17) is 0 Å². The van der Waals surface area contributed by atoms with Crippen LogP contribution in [-0.4, -0.2) is 13.3 Å². The first-order chi connectivity index (χ1) is 21.0.